The summed E-state index contributed by atoms with van der Waals surface area (Å²) in [5.41, 5.74) is 0. The minimum atomic E-state index is -0.136. The Hall–Kier alpha value is 1.20. The molecule has 0 aromatic carbocycles. The molecule has 44 valence electrons. The first-order chi connectivity index (χ1) is 3.31. The van der Waals surface area contributed by atoms with Gasteiger partial charge in [0.05, 0.1) is 0 Å². The monoisotopic (exact) mass is 238 g/mol. The summed E-state index contributed by atoms with van der Waals surface area (Å²) in [4.78, 5) is 10.2. The van der Waals surface area contributed by atoms with Crippen LogP contribution in [0.4, 0.5) is 0 Å². The zero-order valence-corrected chi connectivity index (χ0v) is 6.27. The molecule has 0 atom stereocenters. The van der Waals surface area contributed by atoms with Crippen LogP contribution >= 0.6 is 23.0 Å². The van der Waals surface area contributed by atoms with Crippen LogP contribution in [0.25, 0.3) is 0 Å². The third-order valence-corrected chi connectivity index (χ3v) is 1.03. The van der Waals surface area contributed by atoms with Gasteiger partial charge in [-0.25, -0.2) is 0 Å². The third-order valence-electron chi connectivity index (χ3n) is 0.540. The summed E-state index contributed by atoms with van der Waals surface area (Å²) in [6, 6.07) is 0. The third kappa shape index (κ3) is 7.20. The van der Waals surface area contributed by atoms with Gasteiger partial charge in [0, 0.05) is 6.42 Å². The molecule has 0 saturated heterocycles. The van der Waals surface area contributed by atoms with E-state index in [0.29, 0.717) is 6.42 Å². The van der Waals surface area contributed by atoms with E-state index in [0.717, 1.165) is 6.42 Å². The van der Waals surface area contributed by atoms with E-state index in [9.17, 15) is 4.79 Å². The Bertz CT molecular complexity index is 67.1. The number of carbonyl (C=O) groups is 1. The Morgan fingerprint density at radius 3 is 2.38 bits per heavy atom. The van der Waals surface area contributed by atoms with Gasteiger partial charge in [0.25, 0.3) is 0 Å². The van der Waals surface area contributed by atoms with Crippen molar-refractivity contribution in [2.24, 2.45) is 0 Å². The number of rotatable bonds is 2. The van der Waals surface area contributed by atoms with Crippen LogP contribution in [0.15, 0.2) is 0 Å². The molecule has 0 saturated carbocycles. The summed E-state index contributed by atoms with van der Waals surface area (Å²) < 4.78 is 4.32. The second-order valence-electron chi connectivity index (χ2n) is 1.20. The molecule has 0 radical (unpaired) electrons. The van der Waals surface area contributed by atoms with Crippen molar-refractivity contribution in [3.63, 3.8) is 0 Å². The van der Waals surface area contributed by atoms with Crippen LogP contribution in [0.2, 0.25) is 0 Å². The molecule has 0 N–H and O–H groups in total. The standard InChI is InChI=1S/C4H7IO2.Na.H/c1-2-3-4(6)7-5;;/h2-3H2,1H3;;. The molecule has 0 aliphatic carbocycles. The molecular weight excluding hydrogens is 230 g/mol. The molecular formula is C4H8INaO2. The van der Waals surface area contributed by atoms with Crippen molar-refractivity contribution < 1.29 is 7.86 Å². The topological polar surface area (TPSA) is 26.3 Å². The zero-order valence-electron chi connectivity index (χ0n) is 4.11. The molecule has 0 fully saturated rings. The van der Waals surface area contributed by atoms with Gasteiger partial charge >= 0.3 is 35.5 Å². The van der Waals surface area contributed by atoms with Crippen LogP contribution in [0.3, 0.4) is 0 Å². The van der Waals surface area contributed by atoms with E-state index in [1.54, 1.807) is 23.0 Å². The molecule has 0 rings (SSSR count). The zero-order chi connectivity index (χ0) is 5.70. The van der Waals surface area contributed by atoms with E-state index in [2.05, 4.69) is 3.07 Å². The van der Waals surface area contributed by atoms with Gasteiger partial charge in [-0.05, 0) is 6.42 Å². The summed E-state index contributed by atoms with van der Waals surface area (Å²) in [5, 5.41) is 0. The maximum atomic E-state index is 10.2. The second kappa shape index (κ2) is 8.20. The predicted octanol–water partition coefficient (Wildman–Crippen LogP) is 1.03. The molecule has 8 heavy (non-hydrogen) atoms. The number of carbonyl (C=O) groups excluding carboxylic acids is 1. The Morgan fingerprint density at radius 1 is 1.75 bits per heavy atom. The summed E-state index contributed by atoms with van der Waals surface area (Å²) in [7, 11) is 0. The van der Waals surface area contributed by atoms with Gasteiger partial charge in [0.2, 0.25) is 0 Å². The molecule has 0 spiro atoms. The van der Waals surface area contributed by atoms with Crippen LogP contribution < -0.4 is 0 Å². The minimum absolute atomic E-state index is 0. The molecule has 0 aromatic rings. The molecule has 0 aromatic heterocycles. The van der Waals surface area contributed by atoms with Crippen molar-refractivity contribution in [2.75, 3.05) is 0 Å². The first kappa shape index (κ1) is 11.9. The second-order valence-corrected chi connectivity index (χ2v) is 1.64. The van der Waals surface area contributed by atoms with Crippen LogP contribution in [0, 0.1) is 0 Å². The molecule has 4 heteroatoms. The SMILES string of the molecule is CCCC(=O)OI.[NaH]. The van der Waals surface area contributed by atoms with Gasteiger partial charge in [-0.3, -0.25) is 4.79 Å². The number of hydrogen-bond acceptors (Lipinski definition) is 2. The van der Waals surface area contributed by atoms with E-state index in [1.807, 2.05) is 6.92 Å². The van der Waals surface area contributed by atoms with Crippen LogP contribution in [-0.4, -0.2) is 35.5 Å². The quantitative estimate of drug-likeness (QED) is 0.530. The van der Waals surface area contributed by atoms with Crippen molar-refractivity contribution in [3.8, 4) is 0 Å². The Balaban J connectivity index is 0. The Kier molecular flexibility index (Phi) is 12.2. The fourth-order valence-electron chi connectivity index (χ4n) is 0.243. The van der Waals surface area contributed by atoms with Crippen molar-refractivity contribution in [1.29, 1.82) is 0 Å². The van der Waals surface area contributed by atoms with Gasteiger partial charge in [-0.15, -0.1) is 0 Å². The normalized spacial score (nSPS) is 7.25. The first-order valence-corrected chi connectivity index (χ1v) is 3.00. The van der Waals surface area contributed by atoms with Crippen LogP contribution in [0.1, 0.15) is 19.8 Å². The van der Waals surface area contributed by atoms with Gasteiger partial charge in [0.15, 0.2) is 23.0 Å². The predicted molar refractivity (Wildman–Crippen MR) is 42.2 cm³/mol. The average molecular weight is 238 g/mol. The summed E-state index contributed by atoms with van der Waals surface area (Å²) in [6.45, 7) is 1.94. The van der Waals surface area contributed by atoms with Gasteiger partial charge < -0.3 is 3.07 Å². The van der Waals surface area contributed by atoms with Gasteiger partial charge in [-0.2, -0.15) is 0 Å². The molecule has 0 aliphatic rings. The first-order valence-electron chi connectivity index (χ1n) is 2.12. The maximum absolute atomic E-state index is 10.2. The fourth-order valence-corrected chi connectivity index (χ4v) is 0.463. The fraction of sp³-hybridized carbons (Fsp3) is 0.750. The molecule has 0 bridgehead atoms. The number of halogens is 1. The van der Waals surface area contributed by atoms with E-state index in [-0.39, 0.29) is 35.5 Å². The van der Waals surface area contributed by atoms with Crippen LogP contribution in [0.5, 0.6) is 0 Å². The van der Waals surface area contributed by atoms with E-state index >= 15 is 0 Å². The molecule has 0 aliphatic heterocycles. The summed E-state index contributed by atoms with van der Waals surface area (Å²) >= 11 is 1.59. The summed E-state index contributed by atoms with van der Waals surface area (Å²) in [6.07, 6.45) is 1.39. The molecule has 0 heterocycles. The van der Waals surface area contributed by atoms with Crippen molar-refractivity contribution in [3.05, 3.63) is 0 Å². The molecule has 0 unspecified atom stereocenters. The van der Waals surface area contributed by atoms with Crippen molar-refractivity contribution >= 4 is 58.5 Å². The summed E-state index contributed by atoms with van der Waals surface area (Å²) in [5.74, 6) is -0.136. The van der Waals surface area contributed by atoms with Crippen molar-refractivity contribution in [1.82, 2.24) is 0 Å². The Morgan fingerprint density at radius 2 is 2.25 bits per heavy atom. The number of hydrogen-bond donors (Lipinski definition) is 0. The van der Waals surface area contributed by atoms with E-state index in [4.69, 9.17) is 0 Å². The van der Waals surface area contributed by atoms with Crippen molar-refractivity contribution in [2.45, 2.75) is 19.8 Å². The van der Waals surface area contributed by atoms with Gasteiger partial charge in [-0.1, -0.05) is 6.92 Å². The average Bonchev–Trinajstić information content (AvgIpc) is 1.68. The van der Waals surface area contributed by atoms with E-state index < -0.39 is 0 Å². The van der Waals surface area contributed by atoms with Gasteiger partial charge in [0.1, 0.15) is 0 Å². The molecule has 0 amide bonds. The Labute approximate surface area is 85.3 Å². The molecule has 2 nitrogen and oxygen atoms in total. The van der Waals surface area contributed by atoms with Crippen LogP contribution in [-0.2, 0) is 7.86 Å². The van der Waals surface area contributed by atoms with E-state index in [1.165, 1.54) is 0 Å².